The number of rotatable bonds is 5. The Hall–Kier alpha value is -3.05. The minimum atomic E-state index is 0.155. The number of H-pyrrole nitrogens is 1. The van der Waals surface area contributed by atoms with Crippen molar-refractivity contribution < 1.29 is 4.74 Å². The molecule has 0 unspecified atom stereocenters. The van der Waals surface area contributed by atoms with Gasteiger partial charge in [0.15, 0.2) is 0 Å². The number of imidazole rings is 1. The van der Waals surface area contributed by atoms with Crippen LogP contribution >= 0.6 is 0 Å². The smallest absolute Gasteiger partial charge is 0.122 e. The number of methoxy groups -OCH3 is 1. The molecule has 0 aliphatic carbocycles. The van der Waals surface area contributed by atoms with Gasteiger partial charge in [-0.25, -0.2) is 4.98 Å². The number of fused-ring (bicyclic) bond motifs is 3. The Bertz CT molecular complexity index is 1240. The van der Waals surface area contributed by atoms with Gasteiger partial charge in [0.1, 0.15) is 11.6 Å². The van der Waals surface area contributed by atoms with Crippen LogP contribution in [0.1, 0.15) is 46.7 Å². The third-order valence-electron chi connectivity index (χ3n) is 6.92. The molecule has 1 N–H and O–H groups in total. The molecule has 0 amide bonds. The molecule has 1 aliphatic rings. The van der Waals surface area contributed by atoms with E-state index >= 15 is 0 Å². The van der Waals surface area contributed by atoms with Gasteiger partial charge in [-0.05, 0) is 61.6 Å². The van der Waals surface area contributed by atoms with Gasteiger partial charge in [-0.1, -0.05) is 24.3 Å². The Morgan fingerprint density at radius 2 is 1.97 bits per heavy atom. The summed E-state index contributed by atoms with van der Waals surface area (Å²) in [6.07, 6.45) is 5.03. The van der Waals surface area contributed by atoms with Crippen molar-refractivity contribution in [3.05, 3.63) is 82.6 Å². The minimum absolute atomic E-state index is 0.155. The first-order valence-electron chi connectivity index (χ1n) is 11.1. The SMILES string of the molecule is CCn1ccnc1CN1CCc2c([nH]c3ccccc23)[C@@H]1c1ccc(OC)c(C)c1C. The lowest BCUT2D eigenvalue weighted by Gasteiger charge is -2.37. The van der Waals surface area contributed by atoms with Crippen molar-refractivity contribution >= 4 is 10.9 Å². The number of nitrogens with one attached hydrogen (secondary N) is 1. The van der Waals surface area contributed by atoms with Gasteiger partial charge in [-0.15, -0.1) is 0 Å². The number of aryl methyl sites for hydroxylation is 1. The van der Waals surface area contributed by atoms with Crippen molar-refractivity contribution in [3.63, 3.8) is 0 Å². The molecule has 4 aromatic rings. The van der Waals surface area contributed by atoms with E-state index in [1.165, 1.54) is 38.9 Å². The monoisotopic (exact) mass is 414 g/mol. The summed E-state index contributed by atoms with van der Waals surface area (Å²) in [5.41, 5.74) is 7.81. The summed E-state index contributed by atoms with van der Waals surface area (Å²) in [6, 6.07) is 13.2. The molecule has 3 heterocycles. The van der Waals surface area contributed by atoms with E-state index in [1.54, 1.807) is 7.11 Å². The van der Waals surface area contributed by atoms with E-state index in [9.17, 15) is 0 Å². The number of ether oxygens (including phenoxy) is 1. The molecule has 0 bridgehead atoms. The van der Waals surface area contributed by atoms with Crippen molar-refractivity contribution in [2.45, 2.75) is 46.3 Å². The molecule has 2 aromatic heterocycles. The molecule has 0 radical (unpaired) electrons. The highest BCUT2D eigenvalue weighted by atomic mass is 16.5. The quantitative estimate of drug-likeness (QED) is 0.491. The van der Waals surface area contributed by atoms with Gasteiger partial charge >= 0.3 is 0 Å². The fraction of sp³-hybridized carbons (Fsp3) is 0.346. The fourth-order valence-corrected chi connectivity index (χ4v) is 5.11. The van der Waals surface area contributed by atoms with Crippen LogP contribution in [0.5, 0.6) is 5.75 Å². The Balaban J connectivity index is 1.66. The number of aromatic amines is 1. The van der Waals surface area contributed by atoms with E-state index in [1.807, 2.05) is 6.20 Å². The number of aromatic nitrogens is 3. The Morgan fingerprint density at radius 3 is 2.77 bits per heavy atom. The van der Waals surface area contributed by atoms with Crippen LogP contribution in [0.4, 0.5) is 0 Å². The molecule has 0 saturated heterocycles. The van der Waals surface area contributed by atoms with E-state index in [0.717, 1.165) is 37.6 Å². The number of nitrogens with zero attached hydrogens (tertiary/aromatic N) is 3. The average molecular weight is 415 g/mol. The molecule has 160 valence electrons. The zero-order valence-electron chi connectivity index (χ0n) is 18.8. The van der Waals surface area contributed by atoms with E-state index in [-0.39, 0.29) is 6.04 Å². The van der Waals surface area contributed by atoms with E-state index in [2.05, 4.69) is 82.8 Å². The van der Waals surface area contributed by atoms with Gasteiger partial charge in [-0.2, -0.15) is 0 Å². The first kappa shape index (κ1) is 19.9. The summed E-state index contributed by atoms with van der Waals surface area (Å²) in [7, 11) is 1.74. The lowest BCUT2D eigenvalue weighted by Crippen LogP contribution is -2.36. The Kier molecular flexibility index (Phi) is 5.06. The maximum absolute atomic E-state index is 5.59. The molecule has 0 spiro atoms. The summed E-state index contributed by atoms with van der Waals surface area (Å²) < 4.78 is 7.83. The molecule has 5 heteroatoms. The number of hydrogen-bond acceptors (Lipinski definition) is 3. The lowest BCUT2D eigenvalue weighted by atomic mass is 9.88. The molecule has 1 aliphatic heterocycles. The summed E-state index contributed by atoms with van der Waals surface area (Å²) in [4.78, 5) is 11.0. The largest absolute Gasteiger partial charge is 0.496 e. The molecular weight excluding hydrogens is 384 g/mol. The standard InChI is InChI=1S/C26H30N4O/c1-5-29-15-13-27-24(29)16-30-14-12-21-20-8-6-7-9-22(20)28-25(21)26(30)19-10-11-23(31-4)18(3)17(19)2/h6-11,13,15,26,28H,5,12,14,16H2,1-4H3/t26-/m0/s1. The first-order chi connectivity index (χ1) is 15.1. The van der Waals surface area contributed by atoms with Gasteiger partial charge in [0.05, 0.1) is 19.7 Å². The van der Waals surface area contributed by atoms with Crippen LogP contribution in [0.3, 0.4) is 0 Å². The summed E-state index contributed by atoms with van der Waals surface area (Å²) in [6.45, 7) is 9.30. The predicted octanol–water partition coefficient (Wildman–Crippen LogP) is 5.16. The zero-order chi connectivity index (χ0) is 21.5. The van der Waals surface area contributed by atoms with Crippen LogP contribution in [0.25, 0.3) is 10.9 Å². The molecule has 31 heavy (non-hydrogen) atoms. The van der Waals surface area contributed by atoms with Gasteiger partial charge in [0.2, 0.25) is 0 Å². The molecule has 0 fully saturated rings. The van der Waals surface area contributed by atoms with Crippen LogP contribution in [-0.2, 0) is 19.5 Å². The molecule has 0 saturated carbocycles. The fourth-order valence-electron chi connectivity index (χ4n) is 5.11. The third kappa shape index (κ3) is 3.24. The molecule has 2 aromatic carbocycles. The minimum Gasteiger partial charge on any atom is -0.496 e. The van der Waals surface area contributed by atoms with Crippen LogP contribution in [0, 0.1) is 13.8 Å². The highest BCUT2D eigenvalue weighted by molar-refractivity contribution is 5.85. The van der Waals surface area contributed by atoms with Crippen LogP contribution in [0.15, 0.2) is 48.8 Å². The normalized spacial score (nSPS) is 16.6. The second-order valence-corrected chi connectivity index (χ2v) is 8.42. The summed E-state index contributed by atoms with van der Waals surface area (Å²) >= 11 is 0. The second kappa shape index (κ2) is 7.89. The lowest BCUT2D eigenvalue weighted by molar-refractivity contribution is 0.194. The van der Waals surface area contributed by atoms with Gasteiger partial charge < -0.3 is 14.3 Å². The highest BCUT2D eigenvalue weighted by Crippen LogP contribution is 2.41. The topological polar surface area (TPSA) is 46.1 Å². The molecular formula is C26H30N4O. The van der Waals surface area contributed by atoms with E-state index < -0.39 is 0 Å². The van der Waals surface area contributed by atoms with Crippen molar-refractivity contribution in [1.82, 2.24) is 19.4 Å². The number of hydrogen-bond donors (Lipinski definition) is 1. The zero-order valence-corrected chi connectivity index (χ0v) is 18.8. The number of para-hydroxylation sites is 1. The second-order valence-electron chi connectivity index (χ2n) is 8.42. The van der Waals surface area contributed by atoms with E-state index in [0.29, 0.717) is 0 Å². The van der Waals surface area contributed by atoms with Crippen LogP contribution < -0.4 is 4.74 Å². The summed E-state index contributed by atoms with van der Waals surface area (Å²) in [5.74, 6) is 2.07. The van der Waals surface area contributed by atoms with Gasteiger partial charge in [0, 0.05) is 42.1 Å². The van der Waals surface area contributed by atoms with Crippen molar-refractivity contribution in [1.29, 1.82) is 0 Å². The highest BCUT2D eigenvalue weighted by Gasteiger charge is 2.33. The van der Waals surface area contributed by atoms with Crippen LogP contribution in [0.2, 0.25) is 0 Å². The Morgan fingerprint density at radius 1 is 1.13 bits per heavy atom. The van der Waals surface area contributed by atoms with Crippen molar-refractivity contribution in [2.75, 3.05) is 13.7 Å². The van der Waals surface area contributed by atoms with E-state index in [4.69, 9.17) is 4.74 Å². The van der Waals surface area contributed by atoms with Crippen molar-refractivity contribution in [2.24, 2.45) is 0 Å². The van der Waals surface area contributed by atoms with Gasteiger partial charge in [0.25, 0.3) is 0 Å². The summed E-state index contributed by atoms with van der Waals surface area (Å²) in [5, 5.41) is 1.35. The molecule has 1 atom stereocenters. The van der Waals surface area contributed by atoms with Crippen LogP contribution in [-0.4, -0.2) is 33.1 Å². The number of benzene rings is 2. The predicted molar refractivity (Wildman–Crippen MR) is 125 cm³/mol. The molecule has 5 rings (SSSR count). The molecule has 5 nitrogen and oxygen atoms in total. The average Bonchev–Trinajstić information content (AvgIpc) is 3.40. The maximum Gasteiger partial charge on any atom is 0.122 e. The Labute approximate surface area is 183 Å². The maximum atomic E-state index is 5.59. The van der Waals surface area contributed by atoms with Gasteiger partial charge in [-0.3, -0.25) is 4.90 Å². The van der Waals surface area contributed by atoms with Crippen molar-refractivity contribution in [3.8, 4) is 5.75 Å². The third-order valence-corrected chi connectivity index (χ3v) is 6.92. The first-order valence-corrected chi connectivity index (χ1v) is 11.1.